The van der Waals surface area contributed by atoms with Gasteiger partial charge >= 0.3 is 0 Å². The standard InChI is InChI=1S/C21H22N4O3S/c1-3-28-16-9-7-15(8-10-16)19(26)23-17-18(22)24-21(25-20(17)27)29-12-14-6-4-5-13(2)11-14/h4-11H,3,12H2,1-2H3,(H,23,26)(H3,22,24,25,27). The molecule has 1 heterocycles. The topological polar surface area (TPSA) is 110 Å². The summed E-state index contributed by atoms with van der Waals surface area (Å²) >= 11 is 1.37. The molecule has 150 valence electrons. The van der Waals surface area contributed by atoms with Crippen molar-refractivity contribution in [2.24, 2.45) is 0 Å². The van der Waals surface area contributed by atoms with Crippen molar-refractivity contribution in [3.8, 4) is 5.75 Å². The molecule has 1 amide bonds. The Morgan fingerprint density at radius 1 is 1.24 bits per heavy atom. The molecule has 0 saturated carbocycles. The minimum Gasteiger partial charge on any atom is -0.494 e. The van der Waals surface area contributed by atoms with Gasteiger partial charge in [0.15, 0.2) is 11.0 Å². The molecule has 0 spiro atoms. The van der Waals surface area contributed by atoms with Gasteiger partial charge in [-0.05, 0) is 43.7 Å². The number of nitrogens with one attached hydrogen (secondary N) is 2. The van der Waals surface area contributed by atoms with E-state index < -0.39 is 11.5 Å². The average Bonchev–Trinajstić information content (AvgIpc) is 2.70. The smallest absolute Gasteiger partial charge is 0.277 e. The molecule has 0 bridgehead atoms. The Balaban J connectivity index is 1.70. The number of benzene rings is 2. The number of ether oxygens (including phenoxy) is 1. The van der Waals surface area contributed by atoms with Crippen LogP contribution >= 0.6 is 11.8 Å². The van der Waals surface area contributed by atoms with Gasteiger partial charge in [0.1, 0.15) is 11.4 Å². The van der Waals surface area contributed by atoms with Crippen molar-refractivity contribution in [1.29, 1.82) is 0 Å². The summed E-state index contributed by atoms with van der Waals surface area (Å²) in [5.74, 6) is 0.826. The third-order valence-electron chi connectivity index (χ3n) is 4.05. The second kappa shape index (κ2) is 9.29. The van der Waals surface area contributed by atoms with E-state index in [4.69, 9.17) is 10.5 Å². The average molecular weight is 410 g/mol. The van der Waals surface area contributed by atoms with Crippen molar-refractivity contribution in [3.05, 3.63) is 75.6 Å². The van der Waals surface area contributed by atoms with Crippen LogP contribution in [-0.2, 0) is 5.75 Å². The number of nitrogens with two attached hydrogens (primary N) is 1. The van der Waals surface area contributed by atoms with Crippen molar-refractivity contribution >= 4 is 29.2 Å². The highest BCUT2D eigenvalue weighted by Crippen LogP contribution is 2.22. The number of amides is 1. The van der Waals surface area contributed by atoms with Crippen LogP contribution in [0.15, 0.2) is 58.5 Å². The van der Waals surface area contributed by atoms with Crippen molar-refractivity contribution < 1.29 is 9.53 Å². The van der Waals surface area contributed by atoms with E-state index >= 15 is 0 Å². The Morgan fingerprint density at radius 2 is 2.00 bits per heavy atom. The van der Waals surface area contributed by atoms with E-state index in [0.29, 0.717) is 28.8 Å². The van der Waals surface area contributed by atoms with Gasteiger partial charge in [0, 0.05) is 11.3 Å². The second-order valence-electron chi connectivity index (χ2n) is 6.32. The molecule has 3 rings (SSSR count). The van der Waals surface area contributed by atoms with Crippen LogP contribution in [0.3, 0.4) is 0 Å². The molecule has 29 heavy (non-hydrogen) atoms. The number of aromatic amines is 1. The van der Waals surface area contributed by atoms with Gasteiger partial charge < -0.3 is 15.8 Å². The van der Waals surface area contributed by atoms with E-state index in [9.17, 15) is 9.59 Å². The zero-order valence-electron chi connectivity index (χ0n) is 16.2. The summed E-state index contributed by atoms with van der Waals surface area (Å²) in [6.45, 7) is 4.44. The van der Waals surface area contributed by atoms with Gasteiger partial charge in [0.25, 0.3) is 11.5 Å². The van der Waals surface area contributed by atoms with E-state index in [-0.39, 0.29) is 11.5 Å². The molecule has 0 unspecified atom stereocenters. The molecule has 0 aliphatic carbocycles. The molecule has 7 nitrogen and oxygen atoms in total. The van der Waals surface area contributed by atoms with E-state index in [2.05, 4.69) is 21.4 Å². The Kier molecular flexibility index (Phi) is 6.56. The highest BCUT2D eigenvalue weighted by atomic mass is 32.2. The zero-order valence-corrected chi connectivity index (χ0v) is 17.0. The van der Waals surface area contributed by atoms with Crippen molar-refractivity contribution in [3.63, 3.8) is 0 Å². The third kappa shape index (κ3) is 5.39. The number of carbonyl (C=O) groups is 1. The Bertz CT molecular complexity index is 1060. The first-order valence-corrected chi connectivity index (χ1v) is 10.1. The van der Waals surface area contributed by atoms with Crippen LogP contribution in [-0.4, -0.2) is 22.5 Å². The molecule has 0 atom stereocenters. The quantitative estimate of drug-likeness (QED) is 0.405. The van der Waals surface area contributed by atoms with Gasteiger partial charge in [0.05, 0.1) is 6.61 Å². The van der Waals surface area contributed by atoms with E-state index in [1.807, 2.05) is 32.0 Å². The summed E-state index contributed by atoms with van der Waals surface area (Å²) in [5.41, 5.74) is 8.02. The van der Waals surface area contributed by atoms with Gasteiger partial charge in [-0.2, -0.15) is 0 Å². The third-order valence-corrected chi connectivity index (χ3v) is 4.99. The van der Waals surface area contributed by atoms with Crippen LogP contribution in [0, 0.1) is 6.92 Å². The first-order valence-electron chi connectivity index (χ1n) is 9.08. The maximum atomic E-state index is 12.4. The number of thioether (sulfide) groups is 1. The molecule has 3 aromatic rings. The van der Waals surface area contributed by atoms with Crippen LogP contribution in [0.4, 0.5) is 11.5 Å². The number of aromatic nitrogens is 2. The maximum absolute atomic E-state index is 12.4. The lowest BCUT2D eigenvalue weighted by Crippen LogP contribution is -2.23. The molecule has 0 aliphatic heterocycles. The summed E-state index contributed by atoms with van der Waals surface area (Å²) in [6.07, 6.45) is 0. The molecule has 8 heteroatoms. The largest absolute Gasteiger partial charge is 0.494 e. The van der Waals surface area contributed by atoms with Gasteiger partial charge in [-0.15, -0.1) is 0 Å². The van der Waals surface area contributed by atoms with E-state index in [1.54, 1.807) is 24.3 Å². The molecule has 0 fully saturated rings. The van der Waals surface area contributed by atoms with Gasteiger partial charge in [-0.3, -0.25) is 14.6 Å². The Morgan fingerprint density at radius 3 is 2.66 bits per heavy atom. The summed E-state index contributed by atoms with van der Waals surface area (Å²) in [4.78, 5) is 31.7. The summed E-state index contributed by atoms with van der Waals surface area (Å²) < 4.78 is 5.35. The predicted octanol–water partition coefficient (Wildman–Crippen LogP) is 3.60. The fourth-order valence-electron chi connectivity index (χ4n) is 2.67. The number of hydrogen-bond donors (Lipinski definition) is 3. The fraction of sp³-hybridized carbons (Fsp3) is 0.190. The minimum absolute atomic E-state index is 0.0280. The van der Waals surface area contributed by atoms with Crippen molar-refractivity contribution in [2.45, 2.75) is 24.8 Å². The zero-order chi connectivity index (χ0) is 20.8. The lowest BCUT2D eigenvalue weighted by atomic mass is 10.2. The number of nitrogens with zero attached hydrogens (tertiary/aromatic N) is 1. The van der Waals surface area contributed by atoms with Gasteiger partial charge in [0.2, 0.25) is 0 Å². The van der Waals surface area contributed by atoms with Gasteiger partial charge in [-0.25, -0.2) is 4.98 Å². The number of anilines is 2. The maximum Gasteiger partial charge on any atom is 0.277 e. The first kappa shape index (κ1) is 20.5. The highest BCUT2D eigenvalue weighted by Gasteiger charge is 2.14. The van der Waals surface area contributed by atoms with E-state index in [1.165, 1.54) is 11.8 Å². The lowest BCUT2D eigenvalue weighted by Gasteiger charge is -2.09. The summed E-state index contributed by atoms with van der Waals surface area (Å²) in [5, 5.41) is 2.93. The Hall–Kier alpha value is -3.26. The molecule has 0 saturated heterocycles. The molecule has 0 aliphatic rings. The normalized spacial score (nSPS) is 10.6. The predicted molar refractivity (Wildman–Crippen MR) is 116 cm³/mol. The van der Waals surface area contributed by atoms with Crippen molar-refractivity contribution in [2.75, 3.05) is 17.7 Å². The monoisotopic (exact) mass is 410 g/mol. The SMILES string of the molecule is CCOc1ccc(C(=O)Nc2c(N)nc(SCc3cccc(C)c3)[nH]c2=O)cc1. The molecular weight excluding hydrogens is 388 g/mol. The number of rotatable bonds is 7. The number of carbonyl (C=O) groups excluding carboxylic acids is 1. The van der Waals surface area contributed by atoms with Crippen LogP contribution in [0.25, 0.3) is 0 Å². The van der Waals surface area contributed by atoms with Crippen LogP contribution < -0.4 is 21.3 Å². The minimum atomic E-state index is -0.497. The van der Waals surface area contributed by atoms with E-state index in [0.717, 1.165) is 11.1 Å². The Labute approximate surface area is 172 Å². The molecule has 4 N–H and O–H groups in total. The molecule has 1 aromatic heterocycles. The fourth-order valence-corrected chi connectivity index (χ4v) is 3.48. The summed E-state index contributed by atoms with van der Waals surface area (Å²) in [7, 11) is 0. The molecule has 0 radical (unpaired) electrons. The molecule has 2 aromatic carbocycles. The van der Waals surface area contributed by atoms with Crippen LogP contribution in [0.5, 0.6) is 5.75 Å². The number of nitrogen functional groups attached to an aromatic ring is 1. The van der Waals surface area contributed by atoms with Gasteiger partial charge in [-0.1, -0.05) is 41.6 Å². The van der Waals surface area contributed by atoms with Crippen LogP contribution in [0.2, 0.25) is 0 Å². The number of hydrogen-bond acceptors (Lipinski definition) is 6. The number of aryl methyl sites for hydroxylation is 1. The second-order valence-corrected chi connectivity index (χ2v) is 7.28. The van der Waals surface area contributed by atoms with Crippen molar-refractivity contribution in [1.82, 2.24) is 9.97 Å². The molecular formula is C21H22N4O3S. The summed E-state index contributed by atoms with van der Waals surface area (Å²) in [6, 6.07) is 14.7. The number of H-pyrrole nitrogens is 1. The highest BCUT2D eigenvalue weighted by molar-refractivity contribution is 7.98. The lowest BCUT2D eigenvalue weighted by molar-refractivity contribution is 0.102. The first-order chi connectivity index (χ1) is 14.0. The van der Waals surface area contributed by atoms with Crippen LogP contribution in [0.1, 0.15) is 28.4 Å².